The highest BCUT2D eigenvalue weighted by molar-refractivity contribution is 9.10. The molecular formula is C25H24BrN7O3. The normalized spacial score (nSPS) is 20.5. The summed E-state index contributed by atoms with van der Waals surface area (Å²) in [6.07, 6.45) is 2.97. The summed E-state index contributed by atoms with van der Waals surface area (Å²) in [4.78, 5) is 41.6. The number of hydrogen-bond acceptors (Lipinski definition) is 7. The first-order valence-electron chi connectivity index (χ1n) is 11.7. The van der Waals surface area contributed by atoms with Crippen LogP contribution in [0, 0.1) is 12.8 Å². The highest BCUT2D eigenvalue weighted by Crippen LogP contribution is 2.48. The number of pyridine rings is 1. The summed E-state index contributed by atoms with van der Waals surface area (Å²) < 4.78 is 7.96. The molecule has 0 bridgehead atoms. The van der Waals surface area contributed by atoms with Gasteiger partial charge >= 0.3 is 0 Å². The number of nitrogens with two attached hydrogens (primary N) is 1. The number of carbonyl (C=O) groups is 2. The van der Waals surface area contributed by atoms with Crippen molar-refractivity contribution in [2.24, 2.45) is 5.92 Å². The molecule has 36 heavy (non-hydrogen) atoms. The van der Waals surface area contributed by atoms with Crippen LogP contribution in [-0.4, -0.2) is 55.4 Å². The maximum Gasteiger partial charge on any atom is 0.248 e. The Hall–Kier alpha value is -3.73. The number of methoxy groups -OCH3 is 1. The van der Waals surface area contributed by atoms with Crippen LogP contribution in [0.2, 0.25) is 0 Å². The number of rotatable bonds is 5. The van der Waals surface area contributed by atoms with Crippen molar-refractivity contribution < 1.29 is 14.3 Å². The van der Waals surface area contributed by atoms with E-state index in [-0.39, 0.29) is 24.4 Å². The molecule has 3 N–H and O–H groups in total. The number of anilines is 2. The number of carbonyl (C=O) groups excluding carboxylic acids is 2. The number of nitrogen functional groups attached to an aromatic ring is 1. The fourth-order valence-electron chi connectivity index (χ4n) is 5.48. The first-order chi connectivity index (χ1) is 17.4. The molecule has 184 valence electrons. The molecule has 1 unspecified atom stereocenters. The van der Waals surface area contributed by atoms with Gasteiger partial charge in [-0.1, -0.05) is 6.07 Å². The number of likely N-dealkylation sites (tertiary alicyclic amines) is 1. The van der Waals surface area contributed by atoms with Crippen LogP contribution in [0.1, 0.15) is 18.4 Å². The molecule has 2 fully saturated rings. The summed E-state index contributed by atoms with van der Waals surface area (Å²) in [6.45, 7) is 1.99. The lowest BCUT2D eigenvalue weighted by atomic mass is 10.1. The molecule has 1 saturated heterocycles. The average molecular weight is 550 g/mol. The van der Waals surface area contributed by atoms with Crippen molar-refractivity contribution in [3.8, 4) is 5.75 Å². The molecule has 4 aromatic rings. The number of ether oxygens (including phenoxy) is 1. The number of fused-ring (bicyclic) bond motifs is 4. The van der Waals surface area contributed by atoms with Crippen LogP contribution in [-0.2, 0) is 16.1 Å². The Labute approximate surface area is 215 Å². The summed E-state index contributed by atoms with van der Waals surface area (Å²) in [5.74, 6) is 1.46. The molecule has 0 spiro atoms. The molecular weight excluding hydrogens is 526 g/mol. The SMILES string of the molecule is COc1cc(C)c2c(c1)c1c(N)ncnc1n2CC(=O)N1C(C(=O)Nc2cccc(Br)n2)C[C@H]2C[C@@H]21. The zero-order valence-corrected chi connectivity index (χ0v) is 21.3. The third-order valence-electron chi connectivity index (χ3n) is 7.12. The maximum atomic E-state index is 13.8. The smallest absolute Gasteiger partial charge is 0.248 e. The van der Waals surface area contributed by atoms with Crippen LogP contribution in [0.4, 0.5) is 11.6 Å². The molecule has 4 heterocycles. The Morgan fingerprint density at radius 3 is 2.86 bits per heavy atom. The predicted octanol–water partition coefficient (Wildman–Crippen LogP) is 3.27. The van der Waals surface area contributed by atoms with Crippen molar-refractivity contribution >= 4 is 61.3 Å². The number of amides is 2. The summed E-state index contributed by atoms with van der Waals surface area (Å²) >= 11 is 3.32. The van der Waals surface area contributed by atoms with Gasteiger partial charge in [-0.2, -0.15) is 0 Å². The van der Waals surface area contributed by atoms with E-state index in [2.05, 4.69) is 36.2 Å². The second kappa shape index (κ2) is 8.44. The van der Waals surface area contributed by atoms with Gasteiger partial charge in [0.2, 0.25) is 11.8 Å². The Bertz CT molecular complexity index is 1550. The molecule has 2 amide bonds. The fourth-order valence-corrected chi connectivity index (χ4v) is 5.82. The van der Waals surface area contributed by atoms with Gasteiger partial charge in [-0.3, -0.25) is 9.59 Å². The van der Waals surface area contributed by atoms with E-state index in [0.717, 1.165) is 22.9 Å². The average Bonchev–Trinajstić information content (AvgIpc) is 3.38. The lowest BCUT2D eigenvalue weighted by Gasteiger charge is -2.27. The fraction of sp³-hybridized carbons (Fsp3) is 0.320. The van der Waals surface area contributed by atoms with Crippen LogP contribution in [0.3, 0.4) is 0 Å². The summed E-state index contributed by atoms with van der Waals surface area (Å²) in [5, 5.41) is 4.38. The molecule has 10 nitrogen and oxygen atoms in total. The Morgan fingerprint density at radius 1 is 1.25 bits per heavy atom. The molecule has 6 rings (SSSR count). The number of halogens is 1. The molecule has 1 aliphatic carbocycles. The van der Waals surface area contributed by atoms with Crippen LogP contribution >= 0.6 is 15.9 Å². The minimum Gasteiger partial charge on any atom is -0.497 e. The lowest BCUT2D eigenvalue weighted by molar-refractivity contribution is -0.138. The van der Waals surface area contributed by atoms with Gasteiger partial charge in [-0.05, 0) is 71.4 Å². The van der Waals surface area contributed by atoms with Crippen molar-refractivity contribution in [1.29, 1.82) is 0 Å². The highest BCUT2D eigenvalue weighted by Gasteiger charge is 2.56. The first-order valence-corrected chi connectivity index (χ1v) is 12.5. The zero-order valence-electron chi connectivity index (χ0n) is 19.7. The number of nitrogens with one attached hydrogen (secondary N) is 1. The summed E-state index contributed by atoms with van der Waals surface area (Å²) in [7, 11) is 1.61. The third kappa shape index (κ3) is 3.65. The Balaban J connectivity index is 1.35. The zero-order chi connectivity index (χ0) is 25.1. The molecule has 3 atom stereocenters. The van der Waals surface area contributed by atoms with E-state index in [1.54, 1.807) is 30.2 Å². The molecule has 1 aliphatic heterocycles. The number of benzene rings is 1. The van der Waals surface area contributed by atoms with E-state index in [9.17, 15) is 9.59 Å². The minimum atomic E-state index is -0.545. The number of nitrogens with zero attached hydrogens (tertiary/aromatic N) is 5. The van der Waals surface area contributed by atoms with Gasteiger partial charge in [0.1, 0.15) is 46.5 Å². The molecule has 2 aliphatic rings. The van der Waals surface area contributed by atoms with Crippen molar-refractivity contribution in [2.45, 2.75) is 38.4 Å². The van der Waals surface area contributed by atoms with E-state index in [1.165, 1.54) is 6.33 Å². The lowest BCUT2D eigenvalue weighted by Crippen LogP contribution is -2.46. The topological polar surface area (TPSA) is 128 Å². The standard InChI is InChI=1S/C25H24BrN7O3/c1-12-6-14(36-2)9-15-21-23(27)28-11-29-24(21)32(22(12)15)10-20(34)33-16-7-13(16)8-17(33)25(35)31-19-5-3-4-18(26)30-19/h3-6,9,11,13,16-17H,7-8,10H2,1-2H3,(H2,27,28,29)(H,30,31,35)/t13-,16+,17?/m1/s1. The van der Waals surface area contributed by atoms with Crippen LogP contribution in [0.15, 0.2) is 41.3 Å². The summed E-state index contributed by atoms with van der Waals surface area (Å²) in [6, 6.07) is 8.65. The highest BCUT2D eigenvalue weighted by atomic mass is 79.9. The van der Waals surface area contributed by atoms with Crippen molar-refractivity contribution in [3.63, 3.8) is 0 Å². The molecule has 1 saturated carbocycles. The quantitative estimate of drug-likeness (QED) is 0.365. The van der Waals surface area contributed by atoms with Crippen LogP contribution in [0.25, 0.3) is 21.9 Å². The van der Waals surface area contributed by atoms with E-state index in [4.69, 9.17) is 10.5 Å². The largest absolute Gasteiger partial charge is 0.497 e. The number of aromatic nitrogens is 4. The Kier molecular flexibility index (Phi) is 5.32. The predicted molar refractivity (Wildman–Crippen MR) is 138 cm³/mol. The van der Waals surface area contributed by atoms with E-state index in [1.807, 2.05) is 23.6 Å². The second-order valence-electron chi connectivity index (χ2n) is 9.33. The second-order valence-corrected chi connectivity index (χ2v) is 10.1. The molecule has 0 radical (unpaired) electrons. The number of hydrogen-bond donors (Lipinski definition) is 2. The minimum absolute atomic E-state index is 0.0335. The van der Waals surface area contributed by atoms with E-state index in [0.29, 0.717) is 45.4 Å². The van der Waals surface area contributed by atoms with Gasteiger partial charge in [-0.15, -0.1) is 0 Å². The third-order valence-corrected chi connectivity index (χ3v) is 7.56. The van der Waals surface area contributed by atoms with Crippen molar-refractivity contribution in [2.75, 3.05) is 18.2 Å². The summed E-state index contributed by atoms with van der Waals surface area (Å²) in [5.41, 5.74) is 8.59. The van der Waals surface area contributed by atoms with Crippen LogP contribution in [0.5, 0.6) is 5.75 Å². The van der Waals surface area contributed by atoms with E-state index >= 15 is 0 Å². The van der Waals surface area contributed by atoms with E-state index < -0.39 is 6.04 Å². The maximum absolute atomic E-state index is 13.8. The number of aryl methyl sites for hydroxylation is 1. The monoisotopic (exact) mass is 549 g/mol. The van der Waals surface area contributed by atoms with Gasteiger partial charge in [-0.25, -0.2) is 15.0 Å². The first kappa shape index (κ1) is 22.7. The molecule has 11 heteroatoms. The Morgan fingerprint density at radius 2 is 2.08 bits per heavy atom. The van der Waals surface area contributed by atoms with Gasteiger partial charge in [0, 0.05) is 11.4 Å². The van der Waals surface area contributed by atoms with Gasteiger partial charge in [0.15, 0.2) is 0 Å². The van der Waals surface area contributed by atoms with Crippen molar-refractivity contribution in [3.05, 3.63) is 46.8 Å². The number of piperidine rings is 1. The van der Waals surface area contributed by atoms with Gasteiger partial charge < -0.3 is 25.3 Å². The van der Waals surface area contributed by atoms with Crippen molar-refractivity contribution in [1.82, 2.24) is 24.4 Å². The van der Waals surface area contributed by atoms with Crippen LogP contribution < -0.4 is 15.8 Å². The molecule has 3 aromatic heterocycles. The van der Waals surface area contributed by atoms with Gasteiger partial charge in [0.25, 0.3) is 0 Å². The van der Waals surface area contributed by atoms with Gasteiger partial charge in [0.05, 0.1) is 18.0 Å². The molecule has 1 aromatic carbocycles.